The first kappa shape index (κ1) is 15.3. The van der Waals surface area contributed by atoms with Crippen molar-refractivity contribution in [2.75, 3.05) is 18.0 Å². The lowest BCUT2D eigenvalue weighted by Crippen LogP contribution is -2.47. The Morgan fingerprint density at radius 3 is 2.81 bits per heavy atom. The van der Waals surface area contributed by atoms with E-state index in [1.807, 2.05) is 13.8 Å². The van der Waals surface area contributed by atoms with Crippen molar-refractivity contribution in [2.45, 2.75) is 32.4 Å². The first-order valence-corrected chi connectivity index (χ1v) is 7.01. The molecule has 1 aliphatic heterocycles. The zero-order chi connectivity index (χ0) is 15.4. The van der Waals surface area contributed by atoms with Gasteiger partial charge in [-0.15, -0.1) is 0 Å². The van der Waals surface area contributed by atoms with Crippen molar-refractivity contribution in [1.82, 2.24) is 5.32 Å². The lowest BCUT2D eigenvalue weighted by atomic mass is 10.1. The van der Waals surface area contributed by atoms with E-state index in [9.17, 15) is 9.59 Å². The molecule has 1 amide bonds. The van der Waals surface area contributed by atoms with Gasteiger partial charge in [-0.25, -0.2) is 4.79 Å². The van der Waals surface area contributed by atoms with Gasteiger partial charge in [0.05, 0.1) is 12.2 Å². The number of anilines is 1. The number of carboxylic acids is 1. The Balaban J connectivity index is 2.13. The highest BCUT2D eigenvalue weighted by Gasteiger charge is 2.33. The lowest BCUT2D eigenvalue weighted by Gasteiger charge is -2.33. The van der Waals surface area contributed by atoms with E-state index < -0.39 is 12.1 Å². The molecule has 21 heavy (non-hydrogen) atoms. The molecular formula is C15H20N2O4. The van der Waals surface area contributed by atoms with Gasteiger partial charge in [-0.3, -0.25) is 4.79 Å². The van der Waals surface area contributed by atoms with E-state index >= 15 is 0 Å². The molecule has 0 aromatic heterocycles. The Bertz CT molecular complexity index is 530. The van der Waals surface area contributed by atoms with Gasteiger partial charge in [-0.05, 0) is 12.1 Å². The molecule has 6 nitrogen and oxygen atoms in total. The van der Waals surface area contributed by atoms with Gasteiger partial charge < -0.3 is 20.1 Å². The van der Waals surface area contributed by atoms with E-state index in [1.165, 1.54) is 4.90 Å². The van der Waals surface area contributed by atoms with Crippen molar-refractivity contribution in [3.05, 3.63) is 24.3 Å². The summed E-state index contributed by atoms with van der Waals surface area (Å²) in [6, 6.07) is 7.31. The van der Waals surface area contributed by atoms with Crippen LogP contribution < -0.4 is 15.0 Å². The fourth-order valence-electron chi connectivity index (χ4n) is 2.20. The smallest absolute Gasteiger partial charge is 0.346 e. The van der Waals surface area contributed by atoms with Gasteiger partial charge in [-0.1, -0.05) is 26.0 Å². The highest BCUT2D eigenvalue weighted by molar-refractivity contribution is 5.96. The van der Waals surface area contributed by atoms with Gasteiger partial charge in [0, 0.05) is 19.0 Å². The minimum Gasteiger partial charge on any atom is -0.478 e. The molecule has 0 radical (unpaired) electrons. The Morgan fingerprint density at radius 2 is 2.14 bits per heavy atom. The molecule has 1 atom stereocenters. The number of amides is 1. The van der Waals surface area contributed by atoms with Gasteiger partial charge >= 0.3 is 5.97 Å². The fraction of sp³-hybridized carbons (Fsp3) is 0.467. The molecule has 114 valence electrons. The maximum atomic E-state index is 12.3. The van der Waals surface area contributed by atoms with Crippen LogP contribution in [0.5, 0.6) is 5.75 Å². The third-order valence-corrected chi connectivity index (χ3v) is 3.24. The minimum absolute atomic E-state index is 0.0346. The number of benzene rings is 1. The van der Waals surface area contributed by atoms with Crippen LogP contribution in [0.3, 0.4) is 0 Å². The van der Waals surface area contributed by atoms with Crippen LogP contribution in [0, 0.1) is 0 Å². The molecule has 2 N–H and O–H groups in total. The van der Waals surface area contributed by atoms with Gasteiger partial charge in [0.2, 0.25) is 12.0 Å². The molecule has 1 aromatic rings. The van der Waals surface area contributed by atoms with Crippen LogP contribution in [-0.4, -0.2) is 42.2 Å². The number of ether oxygens (including phenoxy) is 1. The zero-order valence-corrected chi connectivity index (χ0v) is 12.2. The summed E-state index contributed by atoms with van der Waals surface area (Å²) in [7, 11) is 0. The molecule has 2 rings (SSSR count). The Labute approximate surface area is 123 Å². The number of hydrogen-bond donors (Lipinski definition) is 2. The summed E-state index contributed by atoms with van der Waals surface area (Å²) in [6.45, 7) is 4.62. The monoisotopic (exact) mass is 292 g/mol. The standard InChI is InChI=1S/C15H20N2O4/c1-10(2)16-8-7-14(18)17-9-13(15(19)20)21-12-6-4-3-5-11(12)17/h3-6,10,13,16H,7-9H2,1-2H3,(H,19,20). The first-order chi connectivity index (χ1) is 9.99. The van der Waals surface area contributed by atoms with Crippen LogP contribution in [0.15, 0.2) is 24.3 Å². The van der Waals surface area contributed by atoms with Gasteiger partial charge in [0.1, 0.15) is 5.75 Å². The zero-order valence-electron chi connectivity index (χ0n) is 12.2. The summed E-state index contributed by atoms with van der Waals surface area (Å²) < 4.78 is 5.41. The number of carboxylic acid groups (broad SMARTS) is 1. The van der Waals surface area contributed by atoms with Crippen LogP contribution in [0.4, 0.5) is 5.69 Å². The van der Waals surface area contributed by atoms with Crippen molar-refractivity contribution in [2.24, 2.45) is 0 Å². The van der Waals surface area contributed by atoms with Gasteiger partial charge in [-0.2, -0.15) is 0 Å². The highest BCUT2D eigenvalue weighted by Crippen LogP contribution is 2.33. The van der Waals surface area contributed by atoms with Gasteiger partial charge in [0.15, 0.2) is 0 Å². The number of nitrogens with zero attached hydrogens (tertiary/aromatic N) is 1. The van der Waals surface area contributed by atoms with E-state index in [0.717, 1.165) is 0 Å². The molecule has 0 saturated carbocycles. The van der Waals surface area contributed by atoms with Crippen molar-refractivity contribution >= 4 is 17.6 Å². The van der Waals surface area contributed by atoms with E-state index in [1.54, 1.807) is 24.3 Å². The number of rotatable bonds is 5. The van der Waals surface area contributed by atoms with Crippen molar-refractivity contribution in [3.8, 4) is 5.75 Å². The SMILES string of the molecule is CC(C)NCCC(=O)N1CC(C(=O)O)Oc2ccccc21. The third-order valence-electron chi connectivity index (χ3n) is 3.24. The molecule has 6 heteroatoms. The molecule has 0 aliphatic carbocycles. The average molecular weight is 292 g/mol. The predicted molar refractivity (Wildman–Crippen MR) is 78.6 cm³/mol. The van der Waals surface area contributed by atoms with Crippen LogP contribution in [0.1, 0.15) is 20.3 Å². The number of fused-ring (bicyclic) bond motifs is 1. The Morgan fingerprint density at radius 1 is 1.43 bits per heavy atom. The molecule has 0 fully saturated rings. The van der Waals surface area contributed by atoms with E-state index in [0.29, 0.717) is 30.4 Å². The summed E-state index contributed by atoms with van der Waals surface area (Å²) >= 11 is 0. The lowest BCUT2D eigenvalue weighted by molar-refractivity contribution is -0.145. The maximum absolute atomic E-state index is 12.3. The Hall–Kier alpha value is -2.08. The van der Waals surface area contributed by atoms with E-state index in [4.69, 9.17) is 9.84 Å². The molecular weight excluding hydrogens is 272 g/mol. The quantitative estimate of drug-likeness (QED) is 0.854. The van der Waals surface area contributed by atoms with E-state index in [2.05, 4.69) is 5.32 Å². The normalized spacial score (nSPS) is 17.3. The van der Waals surface area contributed by atoms with Crippen molar-refractivity contribution < 1.29 is 19.4 Å². The third kappa shape index (κ3) is 3.72. The van der Waals surface area contributed by atoms with Crippen LogP contribution >= 0.6 is 0 Å². The topological polar surface area (TPSA) is 78.9 Å². The van der Waals surface area contributed by atoms with E-state index in [-0.39, 0.29) is 12.5 Å². The second-order valence-electron chi connectivity index (χ2n) is 5.28. The van der Waals surface area contributed by atoms with Crippen LogP contribution in [0.25, 0.3) is 0 Å². The van der Waals surface area contributed by atoms with Crippen molar-refractivity contribution in [3.63, 3.8) is 0 Å². The molecule has 1 unspecified atom stereocenters. The van der Waals surface area contributed by atoms with Crippen LogP contribution in [-0.2, 0) is 9.59 Å². The predicted octanol–water partition coefficient (Wildman–Crippen LogP) is 1.25. The molecule has 0 saturated heterocycles. The molecule has 1 aliphatic rings. The number of carbonyl (C=O) groups excluding carboxylic acids is 1. The highest BCUT2D eigenvalue weighted by atomic mass is 16.5. The molecule has 0 bridgehead atoms. The summed E-state index contributed by atoms with van der Waals surface area (Å²) in [5.41, 5.74) is 0.629. The number of aliphatic carboxylic acids is 1. The first-order valence-electron chi connectivity index (χ1n) is 7.01. The summed E-state index contributed by atoms with van der Waals surface area (Å²) in [5, 5.41) is 12.3. The number of nitrogens with one attached hydrogen (secondary N) is 1. The molecule has 0 spiro atoms. The minimum atomic E-state index is -1.07. The van der Waals surface area contributed by atoms with Crippen molar-refractivity contribution in [1.29, 1.82) is 0 Å². The van der Waals surface area contributed by atoms with Gasteiger partial charge in [0.25, 0.3) is 0 Å². The number of carbonyl (C=O) groups is 2. The molecule has 1 heterocycles. The second-order valence-corrected chi connectivity index (χ2v) is 5.28. The average Bonchev–Trinajstić information content (AvgIpc) is 2.45. The Kier molecular flexibility index (Phi) is 4.80. The molecule has 1 aromatic carbocycles. The van der Waals surface area contributed by atoms with Crippen LogP contribution in [0.2, 0.25) is 0 Å². The second kappa shape index (κ2) is 6.58. The maximum Gasteiger partial charge on any atom is 0.346 e. The largest absolute Gasteiger partial charge is 0.478 e. The number of para-hydroxylation sites is 2. The summed E-state index contributed by atoms with van der Waals surface area (Å²) in [6.07, 6.45) is -0.708. The number of hydrogen-bond acceptors (Lipinski definition) is 4. The fourth-order valence-corrected chi connectivity index (χ4v) is 2.20. The summed E-state index contributed by atoms with van der Waals surface area (Å²) in [4.78, 5) is 25.0. The summed E-state index contributed by atoms with van der Waals surface area (Å²) in [5.74, 6) is -0.742.